The second-order valence-corrected chi connectivity index (χ2v) is 12.1. The standard InChI is InChI=1S/C33H30N6O3S2/c1-22-10-12-23(13-11-22)28-19-27(29-9-6-18-43-29)37-39(28)31(40)21-44-33-36-35-30(38(33)25-7-4-3-5-8-25)20-34-32(41)24-14-16-26(42-2)17-15-24/h3-18,28H,19-21H2,1-2H3,(H,34,41)/t28-/m1/s1. The van der Waals surface area contributed by atoms with Crippen molar-refractivity contribution in [2.24, 2.45) is 5.10 Å². The van der Waals surface area contributed by atoms with Crippen LogP contribution in [0.2, 0.25) is 0 Å². The molecule has 44 heavy (non-hydrogen) atoms. The molecular weight excluding hydrogens is 593 g/mol. The van der Waals surface area contributed by atoms with Crippen molar-refractivity contribution >= 4 is 40.6 Å². The Bertz CT molecular complexity index is 1770. The number of benzene rings is 3. The van der Waals surface area contributed by atoms with Gasteiger partial charge >= 0.3 is 0 Å². The van der Waals surface area contributed by atoms with E-state index in [4.69, 9.17) is 9.84 Å². The summed E-state index contributed by atoms with van der Waals surface area (Å²) in [4.78, 5) is 27.6. The second kappa shape index (κ2) is 13.3. The summed E-state index contributed by atoms with van der Waals surface area (Å²) in [5.41, 5.74) is 4.46. The zero-order valence-corrected chi connectivity index (χ0v) is 25.8. The zero-order chi connectivity index (χ0) is 30.5. The molecule has 2 aromatic heterocycles. The smallest absolute Gasteiger partial charge is 0.253 e. The van der Waals surface area contributed by atoms with Gasteiger partial charge in [0.1, 0.15) is 5.75 Å². The molecule has 6 rings (SSSR count). The highest BCUT2D eigenvalue weighted by Gasteiger charge is 2.33. The number of hydrogen-bond acceptors (Lipinski definition) is 8. The van der Waals surface area contributed by atoms with E-state index >= 15 is 0 Å². The van der Waals surface area contributed by atoms with E-state index in [0.29, 0.717) is 28.7 Å². The Morgan fingerprint density at radius 2 is 1.75 bits per heavy atom. The van der Waals surface area contributed by atoms with Crippen LogP contribution in [-0.4, -0.2) is 50.2 Å². The van der Waals surface area contributed by atoms with Gasteiger partial charge in [-0.3, -0.25) is 14.2 Å². The number of aromatic nitrogens is 3. The average molecular weight is 623 g/mol. The lowest BCUT2D eigenvalue weighted by atomic mass is 10.00. The molecule has 0 radical (unpaired) electrons. The van der Waals surface area contributed by atoms with E-state index in [1.54, 1.807) is 47.7 Å². The first-order chi connectivity index (χ1) is 21.5. The first kappa shape index (κ1) is 29.3. The van der Waals surface area contributed by atoms with Crippen LogP contribution in [-0.2, 0) is 11.3 Å². The molecule has 0 fully saturated rings. The van der Waals surface area contributed by atoms with Gasteiger partial charge in [0.15, 0.2) is 11.0 Å². The molecule has 2 amide bonds. The van der Waals surface area contributed by atoms with E-state index in [-0.39, 0.29) is 30.2 Å². The first-order valence-electron chi connectivity index (χ1n) is 14.0. The summed E-state index contributed by atoms with van der Waals surface area (Å²) >= 11 is 2.92. The molecule has 1 aliphatic rings. The van der Waals surface area contributed by atoms with Crippen molar-refractivity contribution in [2.45, 2.75) is 31.1 Å². The molecule has 1 aliphatic heterocycles. The number of thiophene rings is 1. The molecule has 1 N–H and O–H groups in total. The molecule has 9 nitrogen and oxygen atoms in total. The van der Waals surface area contributed by atoms with E-state index in [1.807, 2.05) is 59.3 Å². The fourth-order valence-corrected chi connectivity index (χ4v) is 6.47. The van der Waals surface area contributed by atoms with Crippen molar-refractivity contribution in [3.05, 3.63) is 124 Å². The van der Waals surface area contributed by atoms with Crippen LogP contribution >= 0.6 is 23.1 Å². The van der Waals surface area contributed by atoms with Crippen molar-refractivity contribution in [2.75, 3.05) is 12.9 Å². The van der Waals surface area contributed by atoms with E-state index in [2.05, 4.69) is 39.8 Å². The molecule has 222 valence electrons. The quantitative estimate of drug-likeness (QED) is 0.191. The highest BCUT2D eigenvalue weighted by molar-refractivity contribution is 7.99. The Hall–Kier alpha value is -4.74. The SMILES string of the molecule is COc1ccc(C(=O)NCc2nnc(SCC(=O)N3N=C(c4cccs4)C[C@@H]3c3ccc(C)cc3)n2-c2ccccc2)cc1. The van der Waals surface area contributed by atoms with Crippen molar-refractivity contribution in [1.82, 2.24) is 25.1 Å². The molecule has 11 heteroatoms. The van der Waals surface area contributed by atoms with E-state index in [0.717, 1.165) is 27.4 Å². The fourth-order valence-electron chi connectivity index (χ4n) is 4.92. The fraction of sp³-hybridized carbons (Fsp3) is 0.182. The molecule has 0 saturated heterocycles. The average Bonchev–Trinajstić information content (AvgIpc) is 3.84. The van der Waals surface area contributed by atoms with Gasteiger partial charge in [-0.2, -0.15) is 5.10 Å². The Morgan fingerprint density at radius 3 is 2.45 bits per heavy atom. The van der Waals surface area contributed by atoms with Gasteiger partial charge in [0, 0.05) is 17.7 Å². The minimum absolute atomic E-state index is 0.118. The van der Waals surface area contributed by atoms with Gasteiger partial charge in [-0.05, 0) is 60.3 Å². The Kier molecular flexibility index (Phi) is 8.85. The van der Waals surface area contributed by atoms with E-state index in [9.17, 15) is 9.59 Å². The Morgan fingerprint density at radius 1 is 0.977 bits per heavy atom. The monoisotopic (exact) mass is 622 g/mol. The number of para-hydroxylation sites is 1. The van der Waals surface area contributed by atoms with Crippen LogP contribution in [0.5, 0.6) is 5.75 Å². The minimum atomic E-state index is -0.241. The predicted molar refractivity (Wildman–Crippen MR) is 172 cm³/mol. The van der Waals surface area contributed by atoms with Gasteiger partial charge in [-0.15, -0.1) is 21.5 Å². The number of carbonyl (C=O) groups is 2. The van der Waals surface area contributed by atoms with Crippen LogP contribution in [0.25, 0.3) is 5.69 Å². The maximum absolute atomic E-state index is 13.7. The number of rotatable bonds is 10. The summed E-state index contributed by atoms with van der Waals surface area (Å²) in [6, 6.07) is 28.7. The topological polar surface area (TPSA) is 102 Å². The van der Waals surface area contributed by atoms with Gasteiger partial charge in [-0.25, -0.2) is 5.01 Å². The third-order valence-electron chi connectivity index (χ3n) is 7.23. The number of hydrogen-bond donors (Lipinski definition) is 1. The van der Waals surface area contributed by atoms with E-state index in [1.165, 1.54) is 11.8 Å². The Labute approximate surface area is 263 Å². The largest absolute Gasteiger partial charge is 0.497 e. The molecule has 0 unspecified atom stereocenters. The first-order valence-corrected chi connectivity index (χ1v) is 15.9. The van der Waals surface area contributed by atoms with Gasteiger partial charge in [-0.1, -0.05) is 65.9 Å². The number of hydrazone groups is 1. The zero-order valence-electron chi connectivity index (χ0n) is 24.2. The molecule has 0 saturated carbocycles. The van der Waals surface area contributed by atoms with Crippen LogP contribution in [0, 0.1) is 6.92 Å². The van der Waals surface area contributed by atoms with Crippen LogP contribution in [0.1, 0.15) is 44.6 Å². The molecule has 0 bridgehead atoms. The lowest BCUT2D eigenvalue weighted by Crippen LogP contribution is -2.28. The van der Waals surface area contributed by atoms with Crippen LogP contribution in [0.3, 0.4) is 0 Å². The van der Waals surface area contributed by atoms with Gasteiger partial charge in [0.25, 0.3) is 11.8 Å². The normalized spacial score (nSPS) is 14.4. The lowest BCUT2D eigenvalue weighted by molar-refractivity contribution is -0.130. The summed E-state index contributed by atoms with van der Waals surface area (Å²) in [6.07, 6.45) is 0.651. The second-order valence-electron chi connectivity index (χ2n) is 10.2. The van der Waals surface area contributed by atoms with Crippen molar-refractivity contribution < 1.29 is 14.3 Å². The molecule has 3 aromatic carbocycles. The van der Waals surface area contributed by atoms with Crippen LogP contribution < -0.4 is 10.1 Å². The summed E-state index contributed by atoms with van der Waals surface area (Å²) < 4.78 is 7.05. The van der Waals surface area contributed by atoms with Crippen LogP contribution in [0.4, 0.5) is 0 Å². The third-order valence-corrected chi connectivity index (χ3v) is 9.06. The van der Waals surface area contributed by atoms with Gasteiger partial charge in [0.2, 0.25) is 0 Å². The summed E-state index contributed by atoms with van der Waals surface area (Å²) in [5.74, 6) is 0.977. The number of nitrogens with one attached hydrogen (secondary N) is 1. The number of methoxy groups -OCH3 is 1. The van der Waals surface area contributed by atoms with Gasteiger partial charge in [0.05, 0.1) is 36.0 Å². The minimum Gasteiger partial charge on any atom is -0.497 e. The highest BCUT2D eigenvalue weighted by Crippen LogP contribution is 2.35. The van der Waals surface area contributed by atoms with Crippen molar-refractivity contribution in [3.8, 4) is 11.4 Å². The highest BCUT2D eigenvalue weighted by atomic mass is 32.2. The predicted octanol–water partition coefficient (Wildman–Crippen LogP) is 6.05. The number of nitrogens with zero attached hydrogens (tertiary/aromatic N) is 5. The summed E-state index contributed by atoms with van der Waals surface area (Å²) in [7, 11) is 1.58. The number of thioether (sulfide) groups is 1. The van der Waals surface area contributed by atoms with Gasteiger partial charge < -0.3 is 10.1 Å². The number of aryl methyl sites for hydroxylation is 1. The van der Waals surface area contributed by atoms with Crippen LogP contribution in [0.15, 0.2) is 107 Å². The molecule has 3 heterocycles. The molecular formula is C33H30N6O3S2. The maximum atomic E-state index is 13.7. The maximum Gasteiger partial charge on any atom is 0.253 e. The molecule has 0 aliphatic carbocycles. The summed E-state index contributed by atoms with van der Waals surface area (Å²) in [5, 5.41) is 20.7. The number of carbonyl (C=O) groups excluding carboxylic acids is 2. The number of ether oxygens (including phenoxy) is 1. The van der Waals surface area contributed by atoms with Crippen molar-refractivity contribution in [3.63, 3.8) is 0 Å². The molecule has 1 atom stereocenters. The molecule has 0 spiro atoms. The Balaban J connectivity index is 1.21. The third kappa shape index (κ3) is 6.43. The summed E-state index contributed by atoms with van der Waals surface area (Å²) in [6.45, 7) is 2.20. The molecule has 5 aromatic rings. The van der Waals surface area contributed by atoms with Crippen molar-refractivity contribution in [1.29, 1.82) is 0 Å². The van der Waals surface area contributed by atoms with E-state index < -0.39 is 0 Å². The number of amides is 2. The lowest BCUT2D eigenvalue weighted by Gasteiger charge is -2.22.